The Balaban J connectivity index is 1.63. The van der Waals surface area contributed by atoms with E-state index in [-0.39, 0.29) is 29.7 Å². The highest BCUT2D eigenvalue weighted by Crippen LogP contribution is 2.53. The minimum atomic E-state index is -2.66. The van der Waals surface area contributed by atoms with Crippen LogP contribution in [0, 0.1) is 11.8 Å². The molecule has 38 heavy (non-hydrogen) atoms. The summed E-state index contributed by atoms with van der Waals surface area (Å²) in [4.78, 5) is 42.7. The summed E-state index contributed by atoms with van der Waals surface area (Å²) in [6.45, 7) is 1.68. The molecule has 12 nitrogen and oxygen atoms in total. The number of carbonyl (C=O) groups excluding carboxylic acids is 3. The Hall–Kier alpha value is -3.45. The number of ketones is 2. The monoisotopic (exact) mass is 527 g/mol. The van der Waals surface area contributed by atoms with Crippen LogP contribution in [0.4, 0.5) is 5.69 Å². The van der Waals surface area contributed by atoms with Gasteiger partial charge in [-0.25, -0.2) is 0 Å². The van der Waals surface area contributed by atoms with Crippen molar-refractivity contribution >= 4 is 28.9 Å². The largest absolute Gasteiger partial charge is 0.508 e. The quantitative estimate of drug-likeness (QED) is 0.151. The normalized spacial score (nSPS) is 30.3. The number of Topliss-reactive ketones (excluding diaryl/α,β-unsaturated/α-hetero) is 2. The maximum Gasteiger partial charge on any atom is 0.255 e. The highest BCUT2D eigenvalue weighted by Gasteiger charge is 2.64. The number of aromatic hydroxyl groups is 1. The van der Waals surface area contributed by atoms with Crippen LogP contribution < -0.4 is 16.8 Å². The topological polar surface area (TPSA) is 203 Å². The van der Waals surface area contributed by atoms with Crippen LogP contribution in [0.5, 0.6) is 5.75 Å². The van der Waals surface area contributed by atoms with Crippen molar-refractivity contribution in [3.63, 3.8) is 0 Å². The number of nitrogens with zero attached hydrogens (tertiary/aromatic N) is 2. The van der Waals surface area contributed by atoms with Crippen molar-refractivity contribution in [2.24, 2.45) is 23.3 Å². The number of aliphatic hydroxyl groups excluding tert-OH is 2. The number of benzene rings is 1. The third-order valence-electron chi connectivity index (χ3n) is 8.44. The van der Waals surface area contributed by atoms with Crippen LogP contribution in [-0.2, 0) is 20.8 Å². The van der Waals surface area contributed by atoms with Crippen molar-refractivity contribution in [2.75, 3.05) is 32.5 Å². The van der Waals surface area contributed by atoms with Crippen LogP contribution in [0.15, 0.2) is 29.0 Å². The molecule has 2 fully saturated rings. The third-order valence-corrected chi connectivity index (χ3v) is 8.44. The van der Waals surface area contributed by atoms with Crippen LogP contribution in [0.25, 0.3) is 5.76 Å². The third kappa shape index (κ3) is 3.62. The average Bonchev–Trinajstić information content (AvgIpc) is 3.38. The second-order valence-electron chi connectivity index (χ2n) is 10.8. The fraction of sp³-hybridized carbons (Fsp3) is 0.500. The van der Waals surface area contributed by atoms with Crippen molar-refractivity contribution in [3.8, 4) is 5.75 Å². The lowest BCUT2D eigenvalue weighted by Gasteiger charge is -2.50. The van der Waals surface area contributed by atoms with Gasteiger partial charge < -0.3 is 31.5 Å². The maximum atomic E-state index is 13.9. The molecule has 1 saturated heterocycles. The van der Waals surface area contributed by atoms with Gasteiger partial charge in [0, 0.05) is 30.3 Å². The van der Waals surface area contributed by atoms with Gasteiger partial charge >= 0.3 is 0 Å². The fourth-order valence-corrected chi connectivity index (χ4v) is 6.65. The lowest BCUT2D eigenvalue weighted by molar-refractivity contribution is -0.153. The molecule has 9 N–H and O–H groups in total. The second-order valence-corrected chi connectivity index (χ2v) is 10.8. The highest BCUT2D eigenvalue weighted by molar-refractivity contribution is 6.24. The highest BCUT2D eigenvalue weighted by atomic mass is 16.3. The van der Waals surface area contributed by atoms with Crippen LogP contribution in [0.3, 0.4) is 0 Å². The lowest BCUT2D eigenvalue weighted by atomic mass is 9.57. The van der Waals surface area contributed by atoms with E-state index in [1.165, 1.54) is 11.0 Å². The number of nitrogens with one attached hydrogen (secondary N) is 1. The number of nitrogens with two attached hydrogens (primary N) is 2. The molecule has 3 aliphatic carbocycles. The number of hydrogen-bond donors (Lipinski definition) is 7. The first-order chi connectivity index (χ1) is 17.9. The number of anilines is 1. The van der Waals surface area contributed by atoms with Crippen molar-refractivity contribution < 1.29 is 34.8 Å². The molecule has 204 valence electrons. The van der Waals surface area contributed by atoms with E-state index >= 15 is 0 Å². The predicted octanol–water partition coefficient (Wildman–Crippen LogP) is -0.286. The number of likely N-dealkylation sites (tertiary alicyclic amines) is 1. The van der Waals surface area contributed by atoms with Gasteiger partial charge in [0.15, 0.2) is 11.4 Å². The molecule has 1 amide bonds. The standard InChI is InChI=1S/C26H33N5O7/c1-30(2)19-13-10-11-9-12-14(29-25(28)31-7-3-4-8-31)5-6-15(32)17(12)20(33)16(11)22(35)26(13,38)23(36)18(21(19)34)24(27)37/h5-6,11,13,19,25,29,32-33,36,38H,3-4,7-10,28H2,1-2H3,(H2,27,37)/t11-,13-,19-,25?,26-/m1/s1. The zero-order chi connectivity index (χ0) is 27.7. The summed E-state index contributed by atoms with van der Waals surface area (Å²) in [6, 6.07) is 1.91. The number of likely N-dealkylation sites (N-methyl/N-ethyl adjacent to an activating group) is 1. The van der Waals surface area contributed by atoms with Crippen LogP contribution >= 0.6 is 0 Å². The number of carbonyl (C=O) groups is 3. The minimum absolute atomic E-state index is 0.0268. The molecule has 0 aromatic heterocycles. The Kier molecular flexibility index (Phi) is 6.26. The first kappa shape index (κ1) is 26.2. The van der Waals surface area contributed by atoms with Crippen LogP contribution in [-0.4, -0.2) is 92.8 Å². The summed E-state index contributed by atoms with van der Waals surface area (Å²) in [7, 11) is 3.13. The van der Waals surface area contributed by atoms with Crippen LogP contribution in [0.2, 0.25) is 0 Å². The summed E-state index contributed by atoms with van der Waals surface area (Å²) in [5, 5.41) is 47.8. The molecular formula is C26H33N5O7. The maximum absolute atomic E-state index is 13.9. The van der Waals surface area contributed by atoms with Gasteiger partial charge in [0.2, 0.25) is 5.78 Å². The van der Waals surface area contributed by atoms with Gasteiger partial charge in [-0.1, -0.05) is 0 Å². The Bertz CT molecular complexity index is 1300. The van der Waals surface area contributed by atoms with E-state index < -0.39 is 64.3 Å². The van der Waals surface area contributed by atoms with Gasteiger partial charge in [-0.15, -0.1) is 0 Å². The van der Waals surface area contributed by atoms with Crippen LogP contribution in [0.1, 0.15) is 30.4 Å². The number of fused-ring (bicyclic) bond motifs is 3. The Morgan fingerprint density at radius 2 is 1.84 bits per heavy atom. The molecule has 1 unspecified atom stereocenters. The van der Waals surface area contributed by atoms with E-state index in [4.69, 9.17) is 11.5 Å². The molecule has 1 aromatic carbocycles. The van der Waals surface area contributed by atoms with E-state index in [0.717, 1.165) is 25.9 Å². The number of phenols is 1. The van der Waals surface area contributed by atoms with E-state index in [0.29, 0.717) is 11.3 Å². The average molecular weight is 528 g/mol. The fourth-order valence-electron chi connectivity index (χ4n) is 6.65. The molecule has 1 heterocycles. The first-order valence-corrected chi connectivity index (χ1v) is 12.6. The van der Waals surface area contributed by atoms with E-state index in [1.807, 2.05) is 0 Å². The number of hydrogen-bond acceptors (Lipinski definition) is 11. The lowest BCUT2D eigenvalue weighted by Crippen LogP contribution is -2.65. The molecule has 0 spiro atoms. The van der Waals surface area contributed by atoms with Gasteiger partial charge in [0.05, 0.1) is 11.6 Å². The van der Waals surface area contributed by atoms with Gasteiger partial charge in [-0.05, 0) is 63.4 Å². The molecule has 12 heteroatoms. The van der Waals surface area contributed by atoms with Crippen molar-refractivity contribution in [1.29, 1.82) is 0 Å². The summed E-state index contributed by atoms with van der Waals surface area (Å²) < 4.78 is 0. The van der Waals surface area contributed by atoms with E-state index in [2.05, 4.69) is 10.2 Å². The zero-order valence-corrected chi connectivity index (χ0v) is 21.3. The van der Waals surface area contributed by atoms with Gasteiger partial charge in [0.1, 0.15) is 29.1 Å². The number of primary amides is 1. The van der Waals surface area contributed by atoms with Gasteiger partial charge in [-0.3, -0.25) is 29.9 Å². The molecular weight excluding hydrogens is 494 g/mol. The summed E-state index contributed by atoms with van der Waals surface area (Å²) in [5.41, 5.74) is 9.19. The summed E-state index contributed by atoms with van der Waals surface area (Å²) >= 11 is 0. The van der Waals surface area contributed by atoms with Crippen molar-refractivity contribution in [2.45, 2.75) is 43.6 Å². The summed E-state index contributed by atoms with van der Waals surface area (Å²) in [6.07, 6.45) is 1.79. The predicted molar refractivity (Wildman–Crippen MR) is 137 cm³/mol. The molecule has 5 atom stereocenters. The number of rotatable bonds is 5. The Labute approximate surface area is 219 Å². The zero-order valence-electron chi connectivity index (χ0n) is 21.3. The Morgan fingerprint density at radius 1 is 1.18 bits per heavy atom. The Morgan fingerprint density at radius 3 is 2.45 bits per heavy atom. The number of aliphatic hydroxyl groups is 3. The smallest absolute Gasteiger partial charge is 0.255 e. The van der Waals surface area contributed by atoms with Gasteiger partial charge in [0.25, 0.3) is 5.91 Å². The van der Waals surface area contributed by atoms with Crippen molar-refractivity contribution in [3.05, 3.63) is 40.2 Å². The molecule has 4 aliphatic rings. The second kappa shape index (κ2) is 9.09. The number of phenolic OH excluding ortho intramolecular Hbond substituents is 1. The number of amides is 1. The van der Waals surface area contributed by atoms with Crippen molar-refractivity contribution in [1.82, 2.24) is 9.80 Å². The SMILES string of the molecule is CN(C)[C@H]1C(=O)C(C(N)=O)=C(O)[C@]2(O)C(=O)C3=C(O)c4c(O)ccc(NC(N)N5CCCC5)c4C[C@@H]3C[C@H]12. The molecule has 1 aliphatic heterocycles. The molecule has 0 radical (unpaired) electrons. The molecule has 5 rings (SSSR count). The summed E-state index contributed by atoms with van der Waals surface area (Å²) in [5.74, 6) is -6.77. The first-order valence-electron chi connectivity index (χ1n) is 12.6. The molecule has 0 bridgehead atoms. The van der Waals surface area contributed by atoms with E-state index in [1.54, 1.807) is 20.2 Å². The van der Waals surface area contributed by atoms with Gasteiger partial charge in [-0.2, -0.15) is 0 Å². The molecule has 1 saturated carbocycles. The molecule has 1 aromatic rings. The van der Waals surface area contributed by atoms with E-state index in [9.17, 15) is 34.8 Å². The minimum Gasteiger partial charge on any atom is -0.508 e.